The second kappa shape index (κ2) is 2.12. The summed E-state index contributed by atoms with van der Waals surface area (Å²) in [6.07, 6.45) is 2.05. The van der Waals surface area contributed by atoms with Crippen molar-refractivity contribution in [1.29, 1.82) is 0 Å². The molecule has 0 saturated heterocycles. The maximum Gasteiger partial charge on any atom is 0.0459 e. The molecule has 0 radical (unpaired) electrons. The van der Waals surface area contributed by atoms with E-state index >= 15 is 0 Å². The normalized spacial score (nSPS) is 10.7. The minimum absolute atomic E-state index is 0. The minimum atomic E-state index is 0. The van der Waals surface area contributed by atoms with Crippen molar-refractivity contribution >= 4 is 10.9 Å². The van der Waals surface area contributed by atoms with Crippen LogP contribution in [0.1, 0.15) is 12.6 Å². The molecule has 11 heavy (non-hydrogen) atoms. The van der Waals surface area contributed by atoms with Crippen LogP contribution in [0.25, 0.3) is 10.9 Å². The summed E-state index contributed by atoms with van der Waals surface area (Å²) in [6, 6.07) is 6.47. The zero-order valence-corrected chi connectivity index (χ0v) is 6.81. The third-order valence-corrected chi connectivity index (χ3v) is 2.04. The van der Waals surface area contributed by atoms with Gasteiger partial charge in [0.15, 0.2) is 0 Å². The van der Waals surface area contributed by atoms with Crippen molar-refractivity contribution < 1.29 is 1.43 Å². The number of fused-ring (bicyclic) bond motifs is 1. The maximum absolute atomic E-state index is 3.23. The lowest BCUT2D eigenvalue weighted by atomic mass is 10.1. The predicted molar refractivity (Wildman–Crippen MR) is 49.9 cm³/mol. The van der Waals surface area contributed by atoms with Gasteiger partial charge >= 0.3 is 0 Å². The van der Waals surface area contributed by atoms with Gasteiger partial charge in [-0.3, -0.25) is 0 Å². The molecule has 1 heterocycles. The Labute approximate surface area is 67.5 Å². The van der Waals surface area contributed by atoms with Gasteiger partial charge in [-0.1, -0.05) is 12.1 Å². The van der Waals surface area contributed by atoms with Crippen LogP contribution in [0.15, 0.2) is 24.4 Å². The zero-order chi connectivity index (χ0) is 7.84. The molecule has 0 atom stereocenters. The molecule has 0 aliphatic heterocycles. The molecule has 0 aliphatic carbocycles. The summed E-state index contributed by atoms with van der Waals surface area (Å²) in [6.45, 7) is 4.23. The number of aryl methyl sites for hydroxylation is 2. The van der Waals surface area contributed by atoms with Crippen molar-refractivity contribution in [2.45, 2.75) is 13.8 Å². The van der Waals surface area contributed by atoms with Crippen LogP contribution in [-0.2, 0) is 0 Å². The Balaban J connectivity index is 0.000000720. The number of benzene rings is 1. The molecule has 0 fully saturated rings. The van der Waals surface area contributed by atoms with Crippen molar-refractivity contribution in [2.24, 2.45) is 0 Å². The van der Waals surface area contributed by atoms with Gasteiger partial charge in [0, 0.05) is 18.5 Å². The van der Waals surface area contributed by atoms with Crippen LogP contribution in [-0.4, -0.2) is 4.98 Å². The summed E-state index contributed by atoms with van der Waals surface area (Å²) in [5.41, 5.74) is 3.86. The minimum Gasteiger partial charge on any atom is -0.361 e. The second-order valence-corrected chi connectivity index (χ2v) is 3.02. The first kappa shape index (κ1) is 6.47. The Morgan fingerprint density at radius 3 is 2.91 bits per heavy atom. The van der Waals surface area contributed by atoms with Gasteiger partial charge in [0.05, 0.1) is 0 Å². The molecule has 1 nitrogen and oxygen atoms in total. The van der Waals surface area contributed by atoms with E-state index in [2.05, 4.69) is 37.0 Å². The fourth-order valence-electron chi connectivity index (χ4n) is 1.39. The third kappa shape index (κ3) is 0.929. The fourth-order valence-corrected chi connectivity index (χ4v) is 1.39. The summed E-state index contributed by atoms with van der Waals surface area (Å²) in [4.78, 5) is 3.23. The van der Waals surface area contributed by atoms with Gasteiger partial charge in [-0.15, -0.1) is 0 Å². The Bertz CT molecular complexity index is 390. The van der Waals surface area contributed by atoms with Crippen molar-refractivity contribution in [3.8, 4) is 0 Å². The van der Waals surface area contributed by atoms with Gasteiger partial charge < -0.3 is 4.98 Å². The van der Waals surface area contributed by atoms with E-state index in [4.69, 9.17) is 0 Å². The molecule has 0 unspecified atom stereocenters. The summed E-state index contributed by atoms with van der Waals surface area (Å²) < 4.78 is 0. The zero-order valence-electron chi connectivity index (χ0n) is 6.81. The van der Waals surface area contributed by atoms with Crippen LogP contribution in [0.5, 0.6) is 0 Å². The maximum atomic E-state index is 3.23. The van der Waals surface area contributed by atoms with E-state index in [0.717, 1.165) is 0 Å². The number of rotatable bonds is 0. The van der Waals surface area contributed by atoms with Gasteiger partial charge in [0.25, 0.3) is 0 Å². The highest BCUT2D eigenvalue weighted by Crippen LogP contribution is 2.17. The third-order valence-electron chi connectivity index (χ3n) is 2.04. The van der Waals surface area contributed by atoms with Gasteiger partial charge in [-0.25, -0.2) is 0 Å². The number of aromatic amines is 1. The summed E-state index contributed by atoms with van der Waals surface area (Å²) >= 11 is 0. The number of H-pyrrole nitrogens is 1. The van der Waals surface area contributed by atoms with Gasteiger partial charge in [0.2, 0.25) is 0 Å². The molecule has 2 aromatic rings. The number of hydrogen-bond acceptors (Lipinski definition) is 0. The van der Waals surface area contributed by atoms with Gasteiger partial charge in [-0.2, -0.15) is 0 Å². The molecule has 0 spiro atoms. The number of aromatic nitrogens is 1. The smallest absolute Gasteiger partial charge is 0.0459 e. The van der Waals surface area contributed by atoms with Crippen LogP contribution >= 0.6 is 0 Å². The van der Waals surface area contributed by atoms with Crippen LogP contribution in [0.3, 0.4) is 0 Å². The Hall–Kier alpha value is -1.24. The topological polar surface area (TPSA) is 15.8 Å². The van der Waals surface area contributed by atoms with Crippen molar-refractivity contribution in [1.82, 2.24) is 4.98 Å². The highest BCUT2D eigenvalue weighted by Gasteiger charge is 1.97. The van der Waals surface area contributed by atoms with Crippen LogP contribution in [0.2, 0.25) is 0 Å². The van der Waals surface area contributed by atoms with E-state index in [-0.39, 0.29) is 1.43 Å². The van der Waals surface area contributed by atoms with E-state index < -0.39 is 0 Å². The standard InChI is InChI=1S/C10H11N.H2/c1-7-3-4-9-8(2)6-11-10(9)5-7;/h3-6,11H,1-2H3;1H. The van der Waals surface area contributed by atoms with Crippen LogP contribution in [0, 0.1) is 13.8 Å². The first-order valence-electron chi connectivity index (χ1n) is 3.82. The average Bonchev–Trinajstić information content (AvgIpc) is 2.32. The number of nitrogens with one attached hydrogen (secondary N) is 1. The highest BCUT2D eigenvalue weighted by molar-refractivity contribution is 5.83. The molecular formula is C10H13N. The molecule has 58 valence electrons. The average molecular weight is 147 g/mol. The molecular weight excluding hydrogens is 134 g/mol. The Morgan fingerprint density at radius 2 is 2.09 bits per heavy atom. The summed E-state index contributed by atoms with van der Waals surface area (Å²) in [5, 5.41) is 1.33. The van der Waals surface area contributed by atoms with E-state index in [1.807, 2.05) is 6.20 Å². The molecule has 1 aromatic heterocycles. The lowest BCUT2D eigenvalue weighted by Gasteiger charge is -1.92. The van der Waals surface area contributed by atoms with E-state index in [1.165, 1.54) is 22.0 Å². The largest absolute Gasteiger partial charge is 0.361 e. The van der Waals surface area contributed by atoms with Gasteiger partial charge in [-0.05, 0) is 31.0 Å². The summed E-state index contributed by atoms with van der Waals surface area (Å²) in [7, 11) is 0. The predicted octanol–water partition coefficient (Wildman–Crippen LogP) is 3.03. The molecule has 1 heteroatoms. The Morgan fingerprint density at radius 1 is 1.27 bits per heavy atom. The highest BCUT2D eigenvalue weighted by atomic mass is 14.7. The van der Waals surface area contributed by atoms with E-state index in [9.17, 15) is 0 Å². The Kier molecular flexibility index (Phi) is 1.25. The molecule has 0 amide bonds. The fraction of sp³-hybridized carbons (Fsp3) is 0.200. The molecule has 0 saturated carbocycles. The van der Waals surface area contributed by atoms with Crippen molar-refractivity contribution in [2.75, 3.05) is 0 Å². The summed E-state index contributed by atoms with van der Waals surface area (Å²) in [5.74, 6) is 0. The van der Waals surface area contributed by atoms with Gasteiger partial charge in [0.1, 0.15) is 0 Å². The monoisotopic (exact) mass is 147 g/mol. The molecule has 1 N–H and O–H groups in total. The molecule has 0 bridgehead atoms. The lowest BCUT2D eigenvalue weighted by Crippen LogP contribution is -1.71. The first-order chi connectivity index (χ1) is 5.27. The molecule has 2 rings (SSSR count). The molecule has 1 aromatic carbocycles. The van der Waals surface area contributed by atoms with E-state index in [0.29, 0.717) is 0 Å². The quantitative estimate of drug-likeness (QED) is 0.589. The van der Waals surface area contributed by atoms with E-state index in [1.54, 1.807) is 0 Å². The lowest BCUT2D eigenvalue weighted by molar-refractivity contribution is 1.42. The molecule has 0 aliphatic rings. The van der Waals surface area contributed by atoms with Crippen molar-refractivity contribution in [3.05, 3.63) is 35.5 Å². The van der Waals surface area contributed by atoms with Crippen molar-refractivity contribution in [3.63, 3.8) is 0 Å². The van der Waals surface area contributed by atoms with Crippen LogP contribution < -0.4 is 0 Å². The second-order valence-electron chi connectivity index (χ2n) is 3.02. The van der Waals surface area contributed by atoms with Crippen LogP contribution in [0.4, 0.5) is 0 Å². The SMILES string of the molecule is Cc1ccc2c(C)c[nH]c2c1.[HH]. The number of hydrogen-bond donors (Lipinski definition) is 1. The first-order valence-corrected chi connectivity index (χ1v) is 3.82.